The fraction of sp³-hybridized carbons (Fsp3) is 0.133. The highest BCUT2D eigenvalue weighted by Gasteiger charge is 2.09. The van der Waals surface area contributed by atoms with E-state index in [-0.39, 0.29) is 0 Å². The number of nitrogens with zero attached hydrogens (tertiary/aromatic N) is 1. The number of benzene rings is 1. The van der Waals surface area contributed by atoms with Crippen LogP contribution in [0.2, 0.25) is 0 Å². The van der Waals surface area contributed by atoms with Crippen molar-refractivity contribution < 1.29 is 4.42 Å². The SMILES string of the molecule is Cc1ncccc1-c1cc2cc(CN)ccc2o1. The third kappa shape index (κ3) is 1.79. The Kier molecular flexibility index (Phi) is 2.61. The normalized spacial score (nSPS) is 11.0. The van der Waals surface area contributed by atoms with Crippen LogP contribution in [0.3, 0.4) is 0 Å². The van der Waals surface area contributed by atoms with E-state index in [0.717, 1.165) is 33.6 Å². The maximum atomic E-state index is 5.85. The molecule has 3 nitrogen and oxygen atoms in total. The van der Waals surface area contributed by atoms with E-state index in [2.05, 4.69) is 11.1 Å². The molecule has 2 aromatic heterocycles. The lowest BCUT2D eigenvalue weighted by molar-refractivity contribution is 0.630. The summed E-state index contributed by atoms with van der Waals surface area (Å²) in [5, 5.41) is 1.08. The first-order valence-electron chi connectivity index (χ1n) is 5.92. The Balaban J connectivity index is 2.17. The van der Waals surface area contributed by atoms with Gasteiger partial charge in [0.2, 0.25) is 0 Å². The molecule has 0 spiro atoms. The highest BCUT2D eigenvalue weighted by molar-refractivity contribution is 5.83. The molecule has 2 heterocycles. The van der Waals surface area contributed by atoms with Crippen molar-refractivity contribution in [2.24, 2.45) is 5.73 Å². The molecule has 1 aromatic carbocycles. The van der Waals surface area contributed by atoms with Crippen LogP contribution in [-0.2, 0) is 6.54 Å². The van der Waals surface area contributed by atoms with Crippen LogP contribution in [0.25, 0.3) is 22.3 Å². The summed E-state index contributed by atoms with van der Waals surface area (Å²) in [5.41, 5.74) is 9.63. The van der Waals surface area contributed by atoms with Gasteiger partial charge in [-0.05, 0) is 42.8 Å². The van der Waals surface area contributed by atoms with Gasteiger partial charge in [0.15, 0.2) is 0 Å². The average molecular weight is 238 g/mol. The monoisotopic (exact) mass is 238 g/mol. The molecule has 0 atom stereocenters. The molecule has 0 fully saturated rings. The number of aromatic nitrogens is 1. The first-order valence-corrected chi connectivity index (χ1v) is 5.92. The molecular formula is C15H14N2O. The summed E-state index contributed by atoms with van der Waals surface area (Å²) < 4.78 is 5.85. The van der Waals surface area contributed by atoms with Crippen LogP contribution in [0.4, 0.5) is 0 Å². The molecular weight excluding hydrogens is 224 g/mol. The molecule has 90 valence electrons. The van der Waals surface area contributed by atoms with E-state index in [1.54, 1.807) is 6.20 Å². The lowest BCUT2D eigenvalue weighted by Gasteiger charge is -1.99. The molecule has 0 unspecified atom stereocenters. The molecule has 0 saturated heterocycles. The van der Waals surface area contributed by atoms with Crippen molar-refractivity contribution in [3.8, 4) is 11.3 Å². The van der Waals surface area contributed by atoms with Gasteiger partial charge in [0.05, 0.1) is 0 Å². The lowest BCUT2D eigenvalue weighted by Crippen LogP contribution is -1.94. The van der Waals surface area contributed by atoms with Crippen molar-refractivity contribution in [2.75, 3.05) is 0 Å². The van der Waals surface area contributed by atoms with E-state index >= 15 is 0 Å². The van der Waals surface area contributed by atoms with E-state index in [9.17, 15) is 0 Å². The van der Waals surface area contributed by atoms with Crippen LogP contribution >= 0.6 is 0 Å². The minimum absolute atomic E-state index is 0.544. The fourth-order valence-corrected chi connectivity index (χ4v) is 2.10. The molecule has 0 aliphatic heterocycles. The highest BCUT2D eigenvalue weighted by Crippen LogP contribution is 2.29. The molecule has 2 N–H and O–H groups in total. The molecule has 0 amide bonds. The van der Waals surface area contributed by atoms with Gasteiger partial charge in [-0.3, -0.25) is 4.98 Å². The highest BCUT2D eigenvalue weighted by atomic mass is 16.3. The predicted octanol–water partition coefficient (Wildman–Crippen LogP) is 3.26. The molecule has 0 radical (unpaired) electrons. The third-order valence-corrected chi connectivity index (χ3v) is 3.09. The maximum absolute atomic E-state index is 5.85. The average Bonchev–Trinajstić information content (AvgIpc) is 2.81. The second-order valence-corrected chi connectivity index (χ2v) is 4.32. The second kappa shape index (κ2) is 4.27. The molecule has 3 aromatic rings. The van der Waals surface area contributed by atoms with Crippen molar-refractivity contribution in [2.45, 2.75) is 13.5 Å². The van der Waals surface area contributed by atoms with Crippen molar-refractivity contribution in [1.82, 2.24) is 4.98 Å². The van der Waals surface area contributed by atoms with Crippen LogP contribution in [0.15, 0.2) is 47.0 Å². The summed E-state index contributed by atoms with van der Waals surface area (Å²) >= 11 is 0. The van der Waals surface area contributed by atoms with Gasteiger partial charge in [-0.15, -0.1) is 0 Å². The fourth-order valence-electron chi connectivity index (χ4n) is 2.10. The quantitative estimate of drug-likeness (QED) is 0.745. The summed E-state index contributed by atoms with van der Waals surface area (Å²) in [5.74, 6) is 0.852. The molecule has 0 aliphatic rings. The zero-order valence-electron chi connectivity index (χ0n) is 10.2. The molecule has 0 aliphatic carbocycles. The van der Waals surface area contributed by atoms with Crippen molar-refractivity contribution in [1.29, 1.82) is 0 Å². The van der Waals surface area contributed by atoms with Crippen LogP contribution < -0.4 is 5.73 Å². The summed E-state index contributed by atoms with van der Waals surface area (Å²) in [7, 11) is 0. The van der Waals surface area contributed by atoms with Gasteiger partial charge < -0.3 is 10.2 Å². The minimum atomic E-state index is 0.544. The molecule has 3 heteroatoms. The van der Waals surface area contributed by atoms with Gasteiger partial charge >= 0.3 is 0 Å². The number of hydrogen-bond donors (Lipinski definition) is 1. The Morgan fingerprint density at radius 1 is 1.22 bits per heavy atom. The first-order chi connectivity index (χ1) is 8.78. The Bertz CT molecular complexity index is 701. The van der Waals surface area contributed by atoms with Crippen LogP contribution in [0.1, 0.15) is 11.3 Å². The predicted molar refractivity (Wildman–Crippen MR) is 72.1 cm³/mol. The van der Waals surface area contributed by atoms with Gasteiger partial charge in [0.1, 0.15) is 11.3 Å². The van der Waals surface area contributed by atoms with Crippen molar-refractivity contribution >= 4 is 11.0 Å². The molecule has 0 saturated carbocycles. The molecule has 0 bridgehead atoms. The minimum Gasteiger partial charge on any atom is -0.456 e. The Morgan fingerprint density at radius 3 is 2.89 bits per heavy atom. The Hall–Kier alpha value is -2.13. The van der Waals surface area contributed by atoms with Crippen LogP contribution in [-0.4, -0.2) is 4.98 Å². The first kappa shape index (κ1) is 11.0. The van der Waals surface area contributed by atoms with E-state index < -0.39 is 0 Å². The number of pyridine rings is 1. The Morgan fingerprint density at radius 2 is 2.11 bits per heavy atom. The van der Waals surface area contributed by atoms with Crippen LogP contribution in [0.5, 0.6) is 0 Å². The largest absolute Gasteiger partial charge is 0.456 e. The number of fused-ring (bicyclic) bond motifs is 1. The lowest BCUT2D eigenvalue weighted by atomic mass is 10.1. The van der Waals surface area contributed by atoms with Gasteiger partial charge in [0, 0.05) is 29.4 Å². The van der Waals surface area contributed by atoms with Crippen molar-refractivity contribution in [3.63, 3.8) is 0 Å². The van der Waals surface area contributed by atoms with Gasteiger partial charge in [0.25, 0.3) is 0 Å². The molecule has 18 heavy (non-hydrogen) atoms. The zero-order chi connectivity index (χ0) is 12.5. The van der Waals surface area contributed by atoms with Crippen LogP contribution in [0, 0.1) is 6.92 Å². The smallest absolute Gasteiger partial charge is 0.137 e. The Labute approximate surface area is 105 Å². The summed E-state index contributed by atoms with van der Waals surface area (Å²) in [6.07, 6.45) is 1.79. The van der Waals surface area contributed by atoms with E-state index in [1.807, 2.05) is 37.3 Å². The van der Waals surface area contributed by atoms with E-state index in [0.29, 0.717) is 6.54 Å². The number of nitrogens with two attached hydrogens (primary N) is 1. The number of furan rings is 1. The van der Waals surface area contributed by atoms with Crippen molar-refractivity contribution in [3.05, 3.63) is 53.9 Å². The summed E-state index contributed by atoms with van der Waals surface area (Å²) in [4.78, 5) is 4.28. The number of rotatable bonds is 2. The maximum Gasteiger partial charge on any atom is 0.137 e. The third-order valence-electron chi connectivity index (χ3n) is 3.09. The summed E-state index contributed by atoms with van der Waals surface area (Å²) in [6.45, 7) is 2.52. The van der Waals surface area contributed by atoms with E-state index in [1.165, 1.54) is 0 Å². The molecule has 3 rings (SSSR count). The zero-order valence-corrected chi connectivity index (χ0v) is 10.2. The number of aryl methyl sites for hydroxylation is 1. The standard InChI is InChI=1S/C15H14N2O/c1-10-13(3-2-6-17-10)15-8-12-7-11(9-16)4-5-14(12)18-15/h2-8H,9,16H2,1H3. The van der Waals surface area contributed by atoms with Gasteiger partial charge in [-0.1, -0.05) is 6.07 Å². The summed E-state index contributed by atoms with van der Waals surface area (Å²) in [6, 6.07) is 12.0. The van der Waals surface area contributed by atoms with E-state index in [4.69, 9.17) is 10.2 Å². The number of hydrogen-bond acceptors (Lipinski definition) is 3. The van der Waals surface area contributed by atoms with Gasteiger partial charge in [-0.2, -0.15) is 0 Å². The van der Waals surface area contributed by atoms with Gasteiger partial charge in [-0.25, -0.2) is 0 Å². The second-order valence-electron chi connectivity index (χ2n) is 4.32. The topological polar surface area (TPSA) is 52.0 Å².